The summed E-state index contributed by atoms with van der Waals surface area (Å²) in [5.74, 6) is -2.26. The predicted molar refractivity (Wildman–Crippen MR) is 118 cm³/mol. The molecule has 1 unspecified atom stereocenters. The number of carboxylic acids is 1. The second-order valence-corrected chi connectivity index (χ2v) is 8.39. The third-order valence-electron chi connectivity index (χ3n) is 6.39. The number of benzene rings is 2. The number of carbonyl (C=O) groups is 1. The van der Waals surface area contributed by atoms with Crippen LogP contribution in [0.15, 0.2) is 60.8 Å². The number of nitrogens with zero attached hydrogens (tertiary/aromatic N) is 3. The molecule has 0 aliphatic rings. The fraction of sp³-hybridized carbons (Fsp3) is 0.240. The Bertz CT molecular complexity index is 1380. The average Bonchev–Trinajstić information content (AvgIpc) is 3.13. The van der Waals surface area contributed by atoms with E-state index in [0.29, 0.717) is 33.7 Å². The third-order valence-corrected chi connectivity index (χ3v) is 6.39. The summed E-state index contributed by atoms with van der Waals surface area (Å²) in [5.41, 5.74) is 0.276. The second-order valence-electron chi connectivity index (χ2n) is 8.39. The molecule has 2 aromatic carbocycles. The van der Waals surface area contributed by atoms with Gasteiger partial charge < -0.3 is 5.11 Å². The van der Waals surface area contributed by atoms with Crippen molar-refractivity contribution in [2.24, 2.45) is 0 Å². The number of hydrogen-bond donors (Lipinski definition) is 1. The van der Waals surface area contributed by atoms with Crippen molar-refractivity contribution in [2.75, 3.05) is 0 Å². The predicted octanol–water partition coefficient (Wildman–Crippen LogP) is 6.01. The van der Waals surface area contributed by atoms with Gasteiger partial charge in [-0.2, -0.15) is 18.3 Å². The molecule has 0 aliphatic heterocycles. The molecule has 176 valence electrons. The van der Waals surface area contributed by atoms with Crippen LogP contribution >= 0.6 is 0 Å². The van der Waals surface area contributed by atoms with Crippen molar-refractivity contribution in [3.05, 3.63) is 89.1 Å². The summed E-state index contributed by atoms with van der Waals surface area (Å²) in [6, 6.07) is 11.9. The van der Waals surface area contributed by atoms with E-state index in [-0.39, 0.29) is 0 Å². The first-order chi connectivity index (χ1) is 15.9. The molecule has 0 saturated carbocycles. The first-order valence-corrected chi connectivity index (χ1v) is 10.5. The van der Waals surface area contributed by atoms with Crippen molar-refractivity contribution >= 4 is 11.6 Å². The molecule has 4 rings (SSSR count). The largest absolute Gasteiger partial charge is 0.481 e. The number of halogens is 4. The maximum Gasteiger partial charge on any atom is 0.416 e. The van der Waals surface area contributed by atoms with Crippen LogP contribution in [0.3, 0.4) is 0 Å². The molecule has 2 aromatic heterocycles. The van der Waals surface area contributed by atoms with E-state index in [1.807, 2.05) is 0 Å². The summed E-state index contributed by atoms with van der Waals surface area (Å²) in [6.07, 6.45) is -3.02. The van der Waals surface area contributed by atoms with Crippen molar-refractivity contribution in [3.63, 3.8) is 0 Å². The van der Waals surface area contributed by atoms with Crippen molar-refractivity contribution < 1.29 is 27.5 Å². The molecule has 2 heterocycles. The van der Waals surface area contributed by atoms with Crippen LogP contribution in [0.5, 0.6) is 0 Å². The maximum absolute atomic E-state index is 13.9. The lowest BCUT2D eigenvalue weighted by Crippen LogP contribution is -2.39. The molecule has 0 amide bonds. The van der Waals surface area contributed by atoms with Gasteiger partial charge in [-0.3, -0.25) is 4.79 Å². The number of aromatic nitrogens is 3. The second kappa shape index (κ2) is 8.23. The lowest BCUT2D eigenvalue weighted by atomic mass is 9.72. The molecule has 1 N–H and O–H groups in total. The number of hydrogen-bond acceptors (Lipinski definition) is 3. The molecule has 0 aliphatic carbocycles. The molecule has 4 aromatic rings. The number of alkyl halides is 3. The van der Waals surface area contributed by atoms with Crippen LogP contribution in [0, 0.1) is 12.7 Å². The van der Waals surface area contributed by atoms with Gasteiger partial charge in [0.25, 0.3) is 0 Å². The highest BCUT2D eigenvalue weighted by Gasteiger charge is 2.44. The van der Waals surface area contributed by atoms with E-state index in [1.54, 1.807) is 26.0 Å². The maximum atomic E-state index is 13.9. The van der Waals surface area contributed by atoms with Crippen molar-refractivity contribution in [3.8, 4) is 11.1 Å². The Hall–Kier alpha value is -3.75. The van der Waals surface area contributed by atoms with Crippen molar-refractivity contribution in [2.45, 2.75) is 38.3 Å². The highest BCUT2D eigenvalue weighted by molar-refractivity contribution is 5.84. The number of aryl methyl sites for hydroxylation is 1. The van der Waals surface area contributed by atoms with E-state index in [1.165, 1.54) is 48.0 Å². The van der Waals surface area contributed by atoms with Crippen LogP contribution in [0.1, 0.15) is 42.3 Å². The number of aliphatic carboxylic acids is 1. The molecule has 0 fully saturated rings. The summed E-state index contributed by atoms with van der Waals surface area (Å²) in [5, 5.41) is 14.8. The highest BCUT2D eigenvalue weighted by Crippen LogP contribution is 2.40. The summed E-state index contributed by atoms with van der Waals surface area (Å²) < 4.78 is 54.2. The zero-order valence-electron chi connectivity index (χ0n) is 18.6. The van der Waals surface area contributed by atoms with Crippen molar-refractivity contribution in [1.82, 2.24) is 14.6 Å². The monoisotopic (exact) mass is 471 g/mol. The Morgan fingerprint density at radius 3 is 2.35 bits per heavy atom. The number of carboxylic acid groups (broad SMARTS) is 1. The van der Waals surface area contributed by atoms with Crippen LogP contribution in [-0.4, -0.2) is 25.7 Å². The Morgan fingerprint density at radius 2 is 1.76 bits per heavy atom. The molecule has 2 atom stereocenters. The standard InChI is InChI=1S/C25H21F4N3O2/c1-14(17-5-4-6-19(26)13-17)24(3,23(33)34)20-11-12-30-22-21(15(2)31-32(20)22)16-7-9-18(10-8-16)25(27,28)29/h4-14H,1-3H3,(H,33,34)/t14?,24-/m1/s1. The average molecular weight is 471 g/mol. The van der Waals surface area contributed by atoms with Gasteiger partial charge in [-0.15, -0.1) is 0 Å². The minimum Gasteiger partial charge on any atom is -0.481 e. The van der Waals surface area contributed by atoms with Crippen LogP contribution in [0.2, 0.25) is 0 Å². The van der Waals surface area contributed by atoms with Crippen LogP contribution in [-0.2, 0) is 16.4 Å². The molecular formula is C25H21F4N3O2. The summed E-state index contributed by atoms with van der Waals surface area (Å²) in [6.45, 7) is 4.91. The van der Waals surface area contributed by atoms with E-state index in [9.17, 15) is 27.5 Å². The van der Waals surface area contributed by atoms with Gasteiger partial charge in [0, 0.05) is 17.7 Å². The third kappa shape index (κ3) is 3.81. The van der Waals surface area contributed by atoms with Gasteiger partial charge in [-0.1, -0.05) is 31.2 Å². The number of fused-ring (bicyclic) bond motifs is 1. The summed E-state index contributed by atoms with van der Waals surface area (Å²) >= 11 is 0. The SMILES string of the molecule is Cc1nn2c([C@](C)(C(=O)O)C(C)c3cccc(F)c3)ccnc2c1-c1ccc(C(F)(F)F)cc1. The van der Waals surface area contributed by atoms with Gasteiger partial charge in [0.1, 0.15) is 11.2 Å². The minimum absolute atomic E-state index is 0.308. The van der Waals surface area contributed by atoms with E-state index in [4.69, 9.17) is 0 Å². The van der Waals surface area contributed by atoms with Crippen LogP contribution in [0.4, 0.5) is 17.6 Å². The zero-order valence-corrected chi connectivity index (χ0v) is 18.6. The topological polar surface area (TPSA) is 67.5 Å². The lowest BCUT2D eigenvalue weighted by molar-refractivity contribution is -0.144. The molecular weight excluding hydrogens is 450 g/mol. The molecule has 0 bridgehead atoms. The molecule has 0 radical (unpaired) electrons. The summed E-state index contributed by atoms with van der Waals surface area (Å²) in [7, 11) is 0. The van der Waals surface area contributed by atoms with E-state index < -0.39 is 34.9 Å². The Labute approximate surface area is 192 Å². The van der Waals surface area contributed by atoms with Gasteiger partial charge in [0.2, 0.25) is 0 Å². The zero-order chi connectivity index (χ0) is 24.8. The molecule has 0 spiro atoms. The van der Waals surface area contributed by atoms with Crippen LogP contribution in [0.25, 0.3) is 16.8 Å². The number of rotatable bonds is 5. The summed E-state index contributed by atoms with van der Waals surface area (Å²) in [4.78, 5) is 17.0. The normalized spacial score (nSPS) is 14.7. The van der Waals surface area contributed by atoms with Gasteiger partial charge in [-0.25, -0.2) is 13.9 Å². The van der Waals surface area contributed by atoms with Gasteiger partial charge in [0.05, 0.1) is 17.0 Å². The first kappa shape index (κ1) is 23.4. The van der Waals surface area contributed by atoms with E-state index in [0.717, 1.165) is 12.1 Å². The fourth-order valence-electron chi connectivity index (χ4n) is 4.23. The Kier molecular flexibility index (Phi) is 5.67. The Balaban J connectivity index is 1.89. The van der Waals surface area contributed by atoms with E-state index in [2.05, 4.69) is 10.1 Å². The quantitative estimate of drug-likeness (QED) is 0.362. The van der Waals surface area contributed by atoms with Gasteiger partial charge in [-0.05, 0) is 55.3 Å². The lowest BCUT2D eigenvalue weighted by Gasteiger charge is -2.32. The van der Waals surface area contributed by atoms with E-state index >= 15 is 0 Å². The molecule has 9 heteroatoms. The smallest absolute Gasteiger partial charge is 0.416 e. The van der Waals surface area contributed by atoms with Crippen molar-refractivity contribution in [1.29, 1.82) is 0 Å². The Morgan fingerprint density at radius 1 is 1.09 bits per heavy atom. The first-order valence-electron chi connectivity index (χ1n) is 10.5. The molecule has 5 nitrogen and oxygen atoms in total. The molecule has 34 heavy (non-hydrogen) atoms. The fourth-order valence-corrected chi connectivity index (χ4v) is 4.23. The van der Waals surface area contributed by atoms with Crippen LogP contribution < -0.4 is 0 Å². The van der Waals surface area contributed by atoms with Gasteiger partial charge in [0.15, 0.2) is 5.65 Å². The highest BCUT2D eigenvalue weighted by atomic mass is 19.4. The van der Waals surface area contributed by atoms with Gasteiger partial charge >= 0.3 is 12.1 Å². The minimum atomic E-state index is -4.46. The molecule has 0 saturated heterocycles.